The van der Waals surface area contributed by atoms with Gasteiger partial charge in [0.1, 0.15) is 12.3 Å². The van der Waals surface area contributed by atoms with Gasteiger partial charge in [-0.25, -0.2) is 0 Å². The highest BCUT2D eigenvalue weighted by Crippen LogP contribution is 2.29. The molecule has 1 heterocycles. The predicted octanol–water partition coefficient (Wildman–Crippen LogP) is 3.17. The number of carbonyl (C=O) groups is 2. The Labute approximate surface area is 171 Å². The smallest absolute Gasteiger partial charge is 0.326 e. The molecular weight excluding hydrogens is 368 g/mol. The van der Waals surface area contributed by atoms with E-state index in [1.165, 1.54) is 10.5 Å². The van der Waals surface area contributed by atoms with E-state index in [1.807, 2.05) is 42.5 Å². The summed E-state index contributed by atoms with van der Waals surface area (Å²) in [5, 5.41) is 9.45. The topological polar surface area (TPSA) is 70.1 Å². The van der Waals surface area contributed by atoms with Crippen molar-refractivity contribution in [1.82, 2.24) is 4.90 Å². The van der Waals surface area contributed by atoms with Crippen molar-refractivity contribution in [2.45, 2.75) is 25.7 Å². The molecule has 1 saturated heterocycles. The Morgan fingerprint density at radius 2 is 1.72 bits per heavy atom. The maximum atomic E-state index is 13.0. The van der Waals surface area contributed by atoms with Gasteiger partial charge in [0.25, 0.3) is 0 Å². The lowest BCUT2D eigenvalue weighted by atomic mass is 9.89. The van der Waals surface area contributed by atoms with Gasteiger partial charge in [-0.05, 0) is 68.6 Å². The second-order valence-electron chi connectivity index (χ2n) is 7.26. The van der Waals surface area contributed by atoms with Gasteiger partial charge < -0.3 is 14.7 Å². The first kappa shape index (κ1) is 20.9. The van der Waals surface area contributed by atoms with Crippen molar-refractivity contribution in [2.75, 3.05) is 37.7 Å². The van der Waals surface area contributed by atoms with Crippen LogP contribution in [0, 0.1) is 0 Å². The van der Waals surface area contributed by atoms with Gasteiger partial charge in [0.2, 0.25) is 5.91 Å². The Hall–Kier alpha value is -2.86. The maximum Gasteiger partial charge on any atom is 0.326 e. The number of esters is 1. The number of likely N-dealkylation sites (tertiary alicyclic amines) is 1. The molecule has 1 N–H and O–H groups in total. The number of piperidine rings is 1. The minimum atomic E-state index is -0.407. The Morgan fingerprint density at radius 1 is 1.07 bits per heavy atom. The zero-order chi connectivity index (χ0) is 20.6. The van der Waals surface area contributed by atoms with E-state index in [0.717, 1.165) is 25.9 Å². The van der Waals surface area contributed by atoms with E-state index in [2.05, 4.69) is 4.90 Å². The van der Waals surface area contributed by atoms with Crippen LogP contribution in [0.4, 0.5) is 5.69 Å². The fourth-order valence-electron chi connectivity index (χ4n) is 3.71. The van der Waals surface area contributed by atoms with Crippen LogP contribution < -0.4 is 4.90 Å². The molecule has 1 amide bonds. The highest BCUT2D eigenvalue weighted by Gasteiger charge is 2.26. The number of benzene rings is 2. The molecule has 1 fully saturated rings. The minimum absolute atomic E-state index is 0.0827. The number of carbonyl (C=O) groups excluding carboxylic acids is 2. The normalized spacial score (nSPS) is 15.1. The number of amides is 1. The molecule has 0 bridgehead atoms. The molecule has 0 spiro atoms. The average Bonchev–Trinajstić information content (AvgIpc) is 2.74. The molecule has 1 aliphatic rings. The molecule has 2 aromatic rings. The number of ether oxygens (including phenoxy) is 1. The SMILES string of the molecule is CCOC(=O)CN(C(=O)CN1CCC(c2ccc(O)cc2)CC1)c1ccccc1. The maximum absolute atomic E-state index is 13.0. The standard InChI is InChI=1S/C23H28N2O4/c1-2-29-23(28)17-25(20-6-4-3-5-7-20)22(27)16-24-14-12-19(13-15-24)18-8-10-21(26)11-9-18/h3-11,19,26H,2,12-17H2,1H3. The van der Waals surface area contributed by atoms with Crippen molar-refractivity contribution in [2.24, 2.45) is 0 Å². The molecule has 154 valence electrons. The van der Waals surface area contributed by atoms with Gasteiger partial charge in [-0.15, -0.1) is 0 Å². The molecule has 0 aromatic heterocycles. The Morgan fingerprint density at radius 3 is 2.34 bits per heavy atom. The fraction of sp³-hybridized carbons (Fsp3) is 0.391. The lowest BCUT2D eigenvalue weighted by Crippen LogP contribution is -2.45. The molecule has 0 aliphatic carbocycles. The zero-order valence-electron chi connectivity index (χ0n) is 16.8. The quantitative estimate of drug-likeness (QED) is 0.728. The summed E-state index contributed by atoms with van der Waals surface area (Å²) in [5.74, 6) is 0.203. The van der Waals surface area contributed by atoms with E-state index in [9.17, 15) is 14.7 Å². The summed E-state index contributed by atoms with van der Waals surface area (Å²) >= 11 is 0. The van der Waals surface area contributed by atoms with Gasteiger partial charge in [0.05, 0.1) is 13.2 Å². The molecule has 6 nitrogen and oxygen atoms in total. The number of nitrogens with zero attached hydrogens (tertiary/aromatic N) is 2. The van der Waals surface area contributed by atoms with Crippen LogP contribution >= 0.6 is 0 Å². The lowest BCUT2D eigenvalue weighted by Gasteiger charge is -2.33. The lowest BCUT2D eigenvalue weighted by molar-refractivity contribution is -0.142. The largest absolute Gasteiger partial charge is 0.508 e. The predicted molar refractivity (Wildman–Crippen MR) is 112 cm³/mol. The number of rotatable bonds is 7. The molecule has 0 atom stereocenters. The summed E-state index contributed by atoms with van der Waals surface area (Å²) in [6.07, 6.45) is 1.92. The van der Waals surface area contributed by atoms with Crippen LogP contribution in [-0.2, 0) is 14.3 Å². The van der Waals surface area contributed by atoms with Crippen LogP contribution in [0.2, 0.25) is 0 Å². The number of hydrogen-bond donors (Lipinski definition) is 1. The van der Waals surface area contributed by atoms with Gasteiger partial charge in [-0.2, -0.15) is 0 Å². The molecule has 3 rings (SSSR count). The summed E-state index contributed by atoms with van der Waals surface area (Å²) < 4.78 is 5.04. The number of phenolic OH excluding ortho intramolecular Hbond substituents is 1. The third kappa shape index (κ3) is 5.81. The first-order valence-corrected chi connectivity index (χ1v) is 10.1. The van der Waals surface area contributed by atoms with Gasteiger partial charge in [-0.3, -0.25) is 14.5 Å². The van der Waals surface area contributed by atoms with Crippen LogP contribution in [0.15, 0.2) is 54.6 Å². The van der Waals surface area contributed by atoms with Gasteiger partial charge in [-0.1, -0.05) is 30.3 Å². The number of aromatic hydroxyl groups is 1. The van der Waals surface area contributed by atoms with E-state index in [0.29, 0.717) is 18.2 Å². The van der Waals surface area contributed by atoms with Crippen LogP contribution in [0.3, 0.4) is 0 Å². The van der Waals surface area contributed by atoms with Crippen LogP contribution in [0.5, 0.6) is 5.75 Å². The first-order valence-electron chi connectivity index (χ1n) is 10.1. The van der Waals surface area contributed by atoms with Gasteiger partial charge in [0.15, 0.2) is 0 Å². The summed E-state index contributed by atoms with van der Waals surface area (Å²) in [7, 11) is 0. The summed E-state index contributed by atoms with van der Waals surface area (Å²) in [4.78, 5) is 28.6. The van der Waals surface area contributed by atoms with Gasteiger partial charge in [0, 0.05) is 5.69 Å². The molecule has 1 aliphatic heterocycles. The second kappa shape index (κ2) is 10.1. The second-order valence-corrected chi connectivity index (χ2v) is 7.26. The van der Waals surface area contributed by atoms with Gasteiger partial charge >= 0.3 is 5.97 Å². The monoisotopic (exact) mass is 396 g/mol. The van der Waals surface area contributed by atoms with E-state index in [4.69, 9.17) is 4.74 Å². The number of anilines is 1. The highest BCUT2D eigenvalue weighted by atomic mass is 16.5. The molecule has 0 unspecified atom stereocenters. The van der Waals surface area contributed by atoms with E-state index < -0.39 is 5.97 Å². The number of para-hydroxylation sites is 1. The van der Waals surface area contributed by atoms with Crippen molar-refractivity contribution in [3.05, 3.63) is 60.2 Å². The van der Waals surface area contributed by atoms with Crippen molar-refractivity contribution in [1.29, 1.82) is 0 Å². The Bertz CT molecular complexity index is 799. The summed E-state index contributed by atoms with van der Waals surface area (Å²) in [5.41, 5.74) is 1.92. The van der Waals surface area contributed by atoms with Crippen molar-refractivity contribution in [3.63, 3.8) is 0 Å². The first-order chi connectivity index (χ1) is 14.1. The highest BCUT2D eigenvalue weighted by molar-refractivity contribution is 5.98. The van der Waals surface area contributed by atoms with Crippen LogP contribution in [0.1, 0.15) is 31.2 Å². The summed E-state index contributed by atoms with van der Waals surface area (Å²) in [6.45, 7) is 3.88. The van der Waals surface area contributed by atoms with E-state index in [-0.39, 0.29) is 24.7 Å². The molecule has 6 heteroatoms. The van der Waals surface area contributed by atoms with E-state index >= 15 is 0 Å². The van der Waals surface area contributed by atoms with Crippen LogP contribution in [0.25, 0.3) is 0 Å². The Balaban J connectivity index is 1.59. The van der Waals surface area contributed by atoms with E-state index in [1.54, 1.807) is 19.1 Å². The minimum Gasteiger partial charge on any atom is -0.508 e. The zero-order valence-corrected chi connectivity index (χ0v) is 16.8. The molecule has 0 radical (unpaired) electrons. The van der Waals surface area contributed by atoms with Crippen molar-refractivity contribution < 1.29 is 19.4 Å². The summed E-state index contributed by atoms with van der Waals surface area (Å²) in [6, 6.07) is 16.6. The fourth-order valence-corrected chi connectivity index (χ4v) is 3.71. The molecular formula is C23H28N2O4. The third-order valence-electron chi connectivity index (χ3n) is 5.27. The number of hydrogen-bond acceptors (Lipinski definition) is 5. The average molecular weight is 396 g/mol. The molecule has 0 saturated carbocycles. The van der Waals surface area contributed by atoms with Crippen LogP contribution in [-0.4, -0.2) is 54.7 Å². The molecule has 29 heavy (non-hydrogen) atoms. The van der Waals surface area contributed by atoms with Crippen molar-refractivity contribution in [3.8, 4) is 5.75 Å². The molecule has 2 aromatic carbocycles. The Kier molecular flexibility index (Phi) is 7.25. The third-order valence-corrected chi connectivity index (χ3v) is 5.27. The van der Waals surface area contributed by atoms with Crippen molar-refractivity contribution >= 4 is 17.6 Å². The number of phenols is 1.